The number of carbonyl (C=O) groups is 2. The van der Waals surface area contributed by atoms with Crippen LogP contribution in [0.1, 0.15) is 34.3 Å². The maximum absolute atomic E-state index is 12.4. The standard InChI is InChI=1S/C24H30N4O2/c1-18-6-2-3-7-22(18)28-14-12-27(13-15-28)11-5-4-10-25-24(30)19-8-9-21-20(16-19)17-23(29)26-21/h2-3,6-9,16H,4-5,10-15,17H2,1H3,(H,25,30)(H,26,29). The predicted octanol–water partition coefficient (Wildman–Crippen LogP) is 2.82. The van der Waals surface area contributed by atoms with Crippen molar-refractivity contribution >= 4 is 23.2 Å². The van der Waals surface area contributed by atoms with E-state index in [1.807, 2.05) is 12.1 Å². The summed E-state index contributed by atoms with van der Waals surface area (Å²) in [5, 5.41) is 5.79. The van der Waals surface area contributed by atoms with E-state index in [2.05, 4.69) is 51.6 Å². The van der Waals surface area contributed by atoms with E-state index in [0.717, 1.165) is 56.8 Å². The number of benzene rings is 2. The van der Waals surface area contributed by atoms with Gasteiger partial charge < -0.3 is 15.5 Å². The fraction of sp³-hybridized carbons (Fsp3) is 0.417. The number of hydrogen-bond acceptors (Lipinski definition) is 4. The smallest absolute Gasteiger partial charge is 0.251 e. The molecule has 4 rings (SSSR count). The minimum absolute atomic E-state index is 0.0118. The Kier molecular flexibility index (Phi) is 6.33. The zero-order chi connectivity index (χ0) is 20.9. The molecule has 0 saturated carbocycles. The molecule has 0 radical (unpaired) electrons. The number of nitrogens with one attached hydrogen (secondary N) is 2. The van der Waals surface area contributed by atoms with Crippen LogP contribution < -0.4 is 15.5 Å². The van der Waals surface area contributed by atoms with Gasteiger partial charge in [0.05, 0.1) is 6.42 Å². The fourth-order valence-corrected chi connectivity index (χ4v) is 4.27. The molecule has 2 aromatic carbocycles. The number of piperazine rings is 1. The molecule has 2 aliphatic rings. The maximum atomic E-state index is 12.4. The number of hydrogen-bond donors (Lipinski definition) is 2. The normalized spacial score (nSPS) is 16.3. The molecule has 0 spiro atoms. The van der Waals surface area contributed by atoms with Crippen LogP contribution in [-0.2, 0) is 11.2 Å². The summed E-state index contributed by atoms with van der Waals surface area (Å²) < 4.78 is 0. The highest BCUT2D eigenvalue weighted by Crippen LogP contribution is 2.24. The fourth-order valence-electron chi connectivity index (χ4n) is 4.27. The van der Waals surface area contributed by atoms with E-state index in [1.54, 1.807) is 6.07 Å². The monoisotopic (exact) mass is 406 g/mol. The average Bonchev–Trinajstić information content (AvgIpc) is 3.13. The topological polar surface area (TPSA) is 64.7 Å². The van der Waals surface area contributed by atoms with E-state index in [-0.39, 0.29) is 11.8 Å². The highest BCUT2D eigenvalue weighted by Gasteiger charge is 2.19. The molecule has 2 aliphatic heterocycles. The van der Waals surface area contributed by atoms with E-state index in [9.17, 15) is 9.59 Å². The van der Waals surface area contributed by atoms with Crippen molar-refractivity contribution in [2.75, 3.05) is 49.5 Å². The van der Waals surface area contributed by atoms with Crippen LogP contribution in [0.25, 0.3) is 0 Å². The Labute approximate surface area is 178 Å². The number of para-hydroxylation sites is 1. The molecule has 6 heteroatoms. The molecule has 1 saturated heterocycles. The minimum Gasteiger partial charge on any atom is -0.369 e. The first-order chi connectivity index (χ1) is 14.6. The van der Waals surface area contributed by atoms with Crippen molar-refractivity contribution in [3.8, 4) is 0 Å². The highest BCUT2D eigenvalue weighted by molar-refractivity contribution is 6.01. The molecule has 0 bridgehead atoms. The molecular weight excluding hydrogens is 376 g/mol. The molecule has 2 N–H and O–H groups in total. The van der Waals surface area contributed by atoms with Gasteiger partial charge in [-0.15, -0.1) is 0 Å². The Bertz CT molecular complexity index is 919. The number of nitrogens with zero attached hydrogens (tertiary/aromatic N) is 2. The van der Waals surface area contributed by atoms with Gasteiger partial charge in [-0.3, -0.25) is 14.5 Å². The third-order valence-corrected chi connectivity index (χ3v) is 6.01. The van der Waals surface area contributed by atoms with E-state index >= 15 is 0 Å². The lowest BCUT2D eigenvalue weighted by atomic mass is 10.1. The molecule has 2 heterocycles. The first-order valence-corrected chi connectivity index (χ1v) is 10.8. The van der Waals surface area contributed by atoms with Crippen LogP contribution in [0, 0.1) is 6.92 Å². The van der Waals surface area contributed by atoms with Crippen molar-refractivity contribution in [1.82, 2.24) is 10.2 Å². The number of amides is 2. The number of fused-ring (bicyclic) bond motifs is 1. The maximum Gasteiger partial charge on any atom is 0.251 e. The lowest BCUT2D eigenvalue weighted by Gasteiger charge is -2.36. The lowest BCUT2D eigenvalue weighted by molar-refractivity contribution is -0.115. The van der Waals surface area contributed by atoms with Gasteiger partial charge in [0.2, 0.25) is 5.91 Å². The Hall–Kier alpha value is -2.86. The number of anilines is 2. The van der Waals surface area contributed by atoms with Gasteiger partial charge in [-0.25, -0.2) is 0 Å². The Morgan fingerprint density at radius 3 is 2.67 bits per heavy atom. The second kappa shape index (κ2) is 9.30. The molecule has 2 amide bonds. The van der Waals surface area contributed by atoms with Gasteiger partial charge in [0.15, 0.2) is 0 Å². The quantitative estimate of drug-likeness (QED) is 0.694. The van der Waals surface area contributed by atoms with Crippen LogP contribution in [0.15, 0.2) is 42.5 Å². The molecule has 158 valence electrons. The Morgan fingerprint density at radius 2 is 1.87 bits per heavy atom. The van der Waals surface area contributed by atoms with Gasteiger partial charge >= 0.3 is 0 Å². The van der Waals surface area contributed by atoms with Crippen LogP contribution in [-0.4, -0.2) is 56.0 Å². The summed E-state index contributed by atoms with van der Waals surface area (Å²) in [6, 6.07) is 14.0. The second-order valence-electron chi connectivity index (χ2n) is 8.18. The van der Waals surface area contributed by atoms with Gasteiger partial charge in [0, 0.05) is 49.7 Å². The summed E-state index contributed by atoms with van der Waals surface area (Å²) in [5.74, 6) is -0.0775. The van der Waals surface area contributed by atoms with Gasteiger partial charge in [-0.05, 0) is 61.7 Å². The van der Waals surface area contributed by atoms with Crippen molar-refractivity contribution in [1.29, 1.82) is 0 Å². The molecule has 0 atom stereocenters. The summed E-state index contributed by atoms with van der Waals surface area (Å²) in [4.78, 5) is 28.8. The van der Waals surface area contributed by atoms with Gasteiger partial charge in [0.25, 0.3) is 5.91 Å². The lowest BCUT2D eigenvalue weighted by Crippen LogP contribution is -2.46. The van der Waals surface area contributed by atoms with Gasteiger partial charge in [0.1, 0.15) is 0 Å². The van der Waals surface area contributed by atoms with Crippen LogP contribution in [0.2, 0.25) is 0 Å². The van der Waals surface area contributed by atoms with Crippen molar-refractivity contribution in [2.45, 2.75) is 26.2 Å². The largest absolute Gasteiger partial charge is 0.369 e. The zero-order valence-corrected chi connectivity index (χ0v) is 17.6. The van der Waals surface area contributed by atoms with Crippen molar-refractivity contribution in [2.24, 2.45) is 0 Å². The van der Waals surface area contributed by atoms with E-state index < -0.39 is 0 Å². The molecular formula is C24H30N4O2. The molecule has 30 heavy (non-hydrogen) atoms. The summed E-state index contributed by atoms with van der Waals surface area (Å²) in [7, 11) is 0. The third-order valence-electron chi connectivity index (χ3n) is 6.01. The summed E-state index contributed by atoms with van der Waals surface area (Å²) >= 11 is 0. The van der Waals surface area contributed by atoms with E-state index in [0.29, 0.717) is 18.5 Å². The van der Waals surface area contributed by atoms with Gasteiger partial charge in [-0.2, -0.15) is 0 Å². The second-order valence-corrected chi connectivity index (χ2v) is 8.18. The average molecular weight is 407 g/mol. The zero-order valence-electron chi connectivity index (χ0n) is 17.6. The SMILES string of the molecule is Cc1ccccc1N1CCN(CCCCNC(=O)c2ccc3c(c2)CC(=O)N3)CC1. The van der Waals surface area contributed by atoms with Crippen molar-refractivity contribution < 1.29 is 9.59 Å². The Morgan fingerprint density at radius 1 is 1.07 bits per heavy atom. The molecule has 6 nitrogen and oxygen atoms in total. The minimum atomic E-state index is -0.0657. The van der Waals surface area contributed by atoms with Crippen LogP contribution >= 0.6 is 0 Å². The number of carbonyl (C=O) groups excluding carboxylic acids is 2. The summed E-state index contributed by atoms with van der Waals surface area (Å²) in [6.45, 7) is 8.23. The molecule has 2 aromatic rings. The van der Waals surface area contributed by atoms with Crippen LogP contribution in [0.4, 0.5) is 11.4 Å². The van der Waals surface area contributed by atoms with Crippen LogP contribution in [0.3, 0.4) is 0 Å². The third kappa shape index (κ3) is 4.82. The first kappa shape index (κ1) is 20.4. The molecule has 1 fully saturated rings. The predicted molar refractivity (Wildman–Crippen MR) is 120 cm³/mol. The molecule has 0 unspecified atom stereocenters. The molecule has 0 aromatic heterocycles. The van der Waals surface area contributed by atoms with Crippen molar-refractivity contribution in [3.05, 3.63) is 59.2 Å². The highest BCUT2D eigenvalue weighted by atomic mass is 16.2. The summed E-state index contributed by atoms with van der Waals surface area (Å²) in [5.41, 5.74) is 5.04. The Balaban J connectivity index is 1.14. The number of unbranched alkanes of at least 4 members (excludes halogenated alkanes) is 1. The number of aryl methyl sites for hydroxylation is 1. The van der Waals surface area contributed by atoms with E-state index in [4.69, 9.17) is 0 Å². The van der Waals surface area contributed by atoms with Crippen molar-refractivity contribution in [3.63, 3.8) is 0 Å². The van der Waals surface area contributed by atoms with Gasteiger partial charge in [-0.1, -0.05) is 18.2 Å². The van der Waals surface area contributed by atoms with Crippen LogP contribution in [0.5, 0.6) is 0 Å². The summed E-state index contributed by atoms with van der Waals surface area (Å²) in [6.07, 6.45) is 2.40. The van der Waals surface area contributed by atoms with E-state index in [1.165, 1.54) is 11.3 Å². The molecule has 0 aliphatic carbocycles. The number of rotatable bonds is 7. The first-order valence-electron chi connectivity index (χ1n) is 10.8.